The molecule has 0 aliphatic carbocycles. The molecule has 1 saturated heterocycles. The molecule has 0 saturated carbocycles. The Bertz CT molecular complexity index is 308. The fraction of sp³-hybridized carbons (Fsp3) is 0.929. The first-order valence-corrected chi connectivity index (χ1v) is 7.40. The number of carbonyl (C=O) groups excluding carboxylic acids is 1. The van der Waals surface area contributed by atoms with Crippen LogP contribution >= 0.6 is 0 Å². The van der Waals surface area contributed by atoms with E-state index in [0.29, 0.717) is 5.92 Å². The second-order valence-corrected chi connectivity index (χ2v) is 5.65. The molecule has 6 heteroatoms. The number of piperidine rings is 1. The van der Waals surface area contributed by atoms with E-state index in [9.17, 15) is 18.0 Å². The minimum Gasteiger partial charge on any atom is -0.352 e. The molecule has 1 heterocycles. The molecule has 3 nitrogen and oxygen atoms in total. The Hall–Kier alpha value is -0.780. The summed E-state index contributed by atoms with van der Waals surface area (Å²) in [5, 5.41) is 5.65. The highest BCUT2D eigenvalue weighted by atomic mass is 19.4. The lowest BCUT2D eigenvalue weighted by molar-refractivity contribution is -0.180. The van der Waals surface area contributed by atoms with Crippen LogP contribution in [0.1, 0.15) is 46.5 Å². The van der Waals surface area contributed by atoms with Crippen molar-refractivity contribution < 1.29 is 18.0 Å². The third-order valence-electron chi connectivity index (χ3n) is 4.32. The van der Waals surface area contributed by atoms with Crippen LogP contribution in [0.4, 0.5) is 13.2 Å². The molecule has 20 heavy (non-hydrogen) atoms. The van der Waals surface area contributed by atoms with Crippen LogP contribution in [0.25, 0.3) is 0 Å². The van der Waals surface area contributed by atoms with Crippen LogP contribution in [0.15, 0.2) is 0 Å². The first kappa shape index (κ1) is 17.3. The lowest BCUT2D eigenvalue weighted by atomic mass is 9.92. The Morgan fingerprint density at radius 3 is 2.30 bits per heavy atom. The third kappa shape index (κ3) is 4.65. The molecule has 0 spiro atoms. The second-order valence-electron chi connectivity index (χ2n) is 5.65. The van der Waals surface area contributed by atoms with Crippen molar-refractivity contribution in [3.8, 4) is 0 Å². The van der Waals surface area contributed by atoms with Crippen LogP contribution in [0.5, 0.6) is 0 Å². The van der Waals surface area contributed by atoms with Crippen molar-refractivity contribution >= 4 is 5.91 Å². The molecule has 3 atom stereocenters. The molecule has 1 fully saturated rings. The van der Waals surface area contributed by atoms with Crippen LogP contribution in [0.3, 0.4) is 0 Å². The average Bonchev–Trinajstić information content (AvgIpc) is 2.39. The number of nitrogens with one attached hydrogen (secondary N) is 2. The van der Waals surface area contributed by atoms with Gasteiger partial charge in [-0.2, -0.15) is 13.2 Å². The van der Waals surface area contributed by atoms with Crippen molar-refractivity contribution in [3.63, 3.8) is 0 Å². The summed E-state index contributed by atoms with van der Waals surface area (Å²) in [6, 6.07) is -0.440. The minimum absolute atomic E-state index is 0.0218. The normalized spacial score (nSPS) is 25.6. The van der Waals surface area contributed by atoms with Crippen molar-refractivity contribution in [1.29, 1.82) is 0 Å². The zero-order valence-electron chi connectivity index (χ0n) is 12.4. The average molecular weight is 294 g/mol. The first-order chi connectivity index (χ1) is 9.29. The maximum Gasteiger partial charge on any atom is 0.393 e. The molecule has 0 bridgehead atoms. The highest BCUT2D eigenvalue weighted by molar-refractivity contribution is 5.82. The fourth-order valence-electron chi connectivity index (χ4n) is 2.80. The molecular weight excluding hydrogens is 269 g/mol. The van der Waals surface area contributed by atoms with Gasteiger partial charge in [0.2, 0.25) is 5.91 Å². The van der Waals surface area contributed by atoms with Crippen LogP contribution in [0, 0.1) is 11.8 Å². The number of halogens is 3. The van der Waals surface area contributed by atoms with Gasteiger partial charge in [0.05, 0.1) is 12.0 Å². The molecule has 1 amide bonds. The summed E-state index contributed by atoms with van der Waals surface area (Å²) in [6.07, 6.45) is -1.95. The summed E-state index contributed by atoms with van der Waals surface area (Å²) in [6.45, 7) is 5.94. The van der Waals surface area contributed by atoms with E-state index in [0.717, 1.165) is 12.8 Å². The second kappa shape index (κ2) is 7.29. The van der Waals surface area contributed by atoms with Crippen molar-refractivity contribution in [2.45, 2.75) is 64.7 Å². The number of alkyl halides is 3. The van der Waals surface area contributed by atoms with Gasteiger partial charge in [-0.25, -0.2) is 0 Å². The van der Waals surface area contributed by atoms with Crippen LogP contribution in [0.2, 0.25) is 0 Å². The van der Waals surface area contributed by atoms with Gasteiger partial charge in [0.1, 0.15) is 0 Å². The Morgan fingerprint density at radius 2 is 1.90 bits per heavy atom. The standard InChI is InChI=1S/C14H25F3N2O/c1-4-10(5-2)9(3)19-13(20)12-7-6-11(8-18-12)14(15,16)17/h9-12,18H,4-8H2,1-3H3,(H,19,20). The van der Waals surface area contributed by atoms with E-state index < -0.39 is 18.1 Å². The van der Waals surface area contributed by atoms with Gasteiger partial charge in [0, 0.05) is 12.6 Å². The smallest absolute Gasteiger partial charge is 0.352 e. The SMILES string of the molecule is CCC(CC)C(C)NC(=O)C1CCC(C(F)(F)F)CN1. The molecule has 0 aromatic rings. The Kier molecular flexibility index (Phi) is 6.30. The van der Waals surface area contributed by atoms with Gasteiger partial charge in [-0.1, -0.05) is 26.7 Å². The predicted octanol–water partition coefficient (Wildman–Crippen LogP) is 2.86. The number of hydrogen-bond acceptors (Lipinski definition) is 2. The van der Waals surface area contributed by atoms with Crippen LogP contribution in [-0.2, 0) is 4.79 Å². The molecule has 3 unspecified atom stereocenters. The monoisotopic (exact) mass is 294 g/mol. The zero-order chi connectivity index (χ0) is 15.3. The lowest BCUT2D eigenvalue weighted by Crippen LogP contribution is -2.53. The Labute approximate surface area is 118 Å². The van der Waals surface area contributed by atoms with Crippen LogP contribution in [-0.4, -0.2) is 30.7 Å². The van der Waals surface area contributed by atoms with Gasteiger partial charge in [-0.15, -0.1) is 0 Å². The molecule has 0 aromatic carbocycles. The van der Waals surface area contributed by atoms with Crippen molar-refractivity contribution in [2.75, 3.05) is 6.54 Å². The Morgan fingerprint density at radius 1 is 1.30 bits per heavy atom. The van der Waals surface area contributed by atoms with E-state index in [1.54, 1.807) is 0 Å². The van der Waals surface area contributed by atoms with Crippen LogP contribution < -0.4 is 10.6 Å². The van der Waals surface area contributed by atoms with Gasteiger partial charge in [-0.3, -0.25) is 4.79 Å². The third-order valence-corrected chi connectivity index (χ3v) is 4.32. The molecule has 0 aromatic heterocycles. The van der Waals surface area contributed by atoms with Gasteiger partial charge < -0.3 is 10.6 Å². The molecule has 1 aliphatic rings. The molecule has 118 valence electrons. The number of hydrogen-bond donors (Lipinski definition) is 2. The number of amides is 1. The summed E-state index contributed by atoms with van der Waals surface area (Å²) in [7, 11) is 0. The summed E-state index contributed by atoms with van der Waals surface area (Å²) < 4.78 is 37.6. The van der Waals surface area contributed by atoms with Crippen molar-refractivity contribution in [2.24, 2.45) is 11.8 Å². The molecule has 1 rings (SSSR count). The van der Waals surface area contributed by atoms with E-state index >= 15 is 0 Å². The maximum absolute atomic E-state index is 12.5. The molecule has 0 radical (unpaired) electrons. The van der Waals surface area contributed by atoms with Crippen molar-refractivity contribution in [3.05, 3.63) is 0 Å². The predicted molar refractivity (Wildman–Crippen MR) is 72.2 cm³/mol. The highest BCUT2D eigenvalue weighted by Gasteiger charge is 2.42. The lowest BCUT2D eigenvalue weighted by Gasteiger charge is -2.32. The fourth-order valence-corrected chi connectivity index (χ4v) is 2.80. The summed E-state index contributed by atoms with van der Waals surface area (Å²) in [5.74, 6) is -1.10. The van der Waals surface area contributed by atoms with Gasteiger partial charge in [0.25, 0.3) is 0 Å². The molecule has 2 N–H and O–H groups in total. The van der Waals surface area contributed by atoms with E-state index in [1.807, 2.05) is 6.92 Å². The summed E-state index contributed by atoms with van der Waals surface area (Å²) in [4.78, 5) is 12.0. The number of rotatable bonds is 5. The first-order valence-electron chi connectivity index (χ1n) is 7.40. The van der Waals surface area contributed by atoms with Gasteiger partial charge in [-0.05, 0) is 25.7 Å². The number of carbonyl (C=O) groups is 1. The van der Waals surface area contributed by atoms with Gasteiger partial charge >= 0.3 is 6.18 Å². The molecule has 1 aliphatic heterocycles. The minimum atomic E-state index is -4.17. The van der Waals surface area contributed by atoms with E-state index in [4.69, 9.17) is 0 Å². The Balaban J connectivity index is 2.43. The summed E-state index contributed by atoms with van der Waals surface area (Å²) >= 11 is 0. The summed E-state index contributed by atoms with van der Waals surface area (Å²) in [5.41, 5.74) is 0. The quantitative estimate of drug-likeness (QED) is 0.818. The molecular formula is C14H25F3N2O. The van der Waals surface area contributed by atoms with E-state index in [1.165, 1.54) is 0 Å². The van der Waals surface area contributed by atoms with Crippen molar-refractivity contribution in [1.82, 2.24) is 10.6 Å². The van der Waals surface area contributed by atoms with E-state index in [-0.39, 0.29) is 31.3 Å². The zero-order valence-corrected chi connectivity index (χ0v) is 12.4. The highest BCUT2D eigenvalue weighted by Crippen LogP contribution is 2.31. The maximum atomic E-state index is 12.5. The topological polar surface area (TPSA) is 41.1 Å². The van der Waals surface area contributed by atoms with Gasteiger partial charge in [0.15, 0.2) is 0 Å². The largest absolute Gasteiger partial charge is 0.393 e. The van der Waals surface area contributed by atoms with E-state index in [2.05, 4.69) is 24.5 Å².